The Morgan fingerprint density at radius 1 is 0.919 bits per heavy atom. The van der Waals surface area contributed by atoms with E-state index in [1.807, 2.05) is 32.1 Å². The molecule has 0 bridgehead atoms. The van der Waals surface area contributed by atoms with Crippen molar-refractivity contribution in [2.75, 3.05) is 13.2 Å². The minimum Gasteiger partial charge on any atom is -0.493 e. The Balaban J connectivity index is 2.03. The van der Waals surface area contributed by atoms with E-state index >= 15 is 0 Å². The maximum atomic E-state index is 12.9. The number of benzene rings is 1. The molecule has 0 saturated heterocycles. The first-order valence-corrected chi connectivity index (χ1v) is 14.1. The largest absolute Gasteiger partial charge is 0.493 e. The van der Waals surface area contributed by atoms with Crippen molar-refractivity contribution in [3.63, 3.8) is 0 Å². The van der Waals surface area contributed by atoms with Gasteiger partial charge in [0, 0.05) is 6.07 Å². The molecule has 0 amide bonds. The zero-order chi connectivity index (χ0) is 27.0. The molecule has 0 atom stereocenters. The quantitative estimate of drug-likeness (QED) is 0.113. The first kappa shape index (κ1) is 30.5. The van der Waals surface area contributed by atoms with E-state index in [1.54, 1.807) is 6.07 Å². The van der Waals surface area contributed by atoms with Crippen LogP contribution in [0.3, 0.4) is 0 Å². The highest BCUT2D eigenvalue weighted by molar-refractivity contribution is 5.86. The molecule has 0 unspecified atom stereocenters. The van der Waals surface area contributed by atoms with Crippen LogP contribution in [0.4, 0.5) is 0 Å². The molecule has 0 aliphatic rings. The van der Waals surface area contributed by atoms with Crippen molar-refractivity contribution in [2.24, 2.45) is 0 Å². The molecule has 206 valence electrons. The summed E-state index contributed by atoms with van der Waals surface area (Å²) in [6, 6.07) is 5.55. The molecule has 0 aliphatic heterocycles. The average molecular weight is 513 g/mol. The molecular weight excluding hydrogens is 464 g/mol. The van der Waals surface area contributed by atoms with Gasteiger partial charge in [0.05, 0.1) is 18.1 Å². The number of fused-ring (bicyclic) bond motifs is 1. The van der Waals surface area contributed by atoms with Gasteiger partial charge in [0.2, 0.25) is 5.75 Å². The fourth-order valence-electron chi connectivity index (χ4n) is 4.09. The molecule has 5 heteroatoms. The number of hydrogen-bond acceptors (Lipinski definition) is 5. The second kappa shape index (κ2) is 16.9. The van der Waals surface area contributed by atoms with E-state index < -0.39 is 5.63 Å². The molecule has 0 N–H and O–H groups in total. The van der Waals surface area contributed by atoms with Crippen molar-refractivity contribution >= 4 is 11.0 Å². The monoisotopic (exact) mass is 512 g/mol. The molecule has 37 heavy (non-hydrogen) atoms. The summed E-state index contributed by atoms with van der Waals surface area (Å²) in [5.74, 6) is 1.23. The highest BCUT2D eigenvalue weighted by Gasteiger charge is 2.19. The molecule has 0 fully saturated rings. The van der Waals surface area contributed by atoms with Gasteiger partial charge in [-0.05, 0) is 72.1 Å². The van der Waals surface area contributed by atoms with Crippen molar-refractivity contribution < 1.29 is 18.6 Å². The number of hydrogen-bond donors (Lipinski definition) is 0. The van der Waals surface area contributed by atoms with Gasteiger partial charge < -0.3 is 18.6 Å². The standard InChI is InChI=1S/C32H48O5/c1-7-8-9-10-11-12-13-14-21-34-27-18-19-28-29(23-27)37-32(33)31(30(28)36-25(4)5)35-22-20-26(6)17-15-16-24(2)3/h16,18-20,23,25H,7-15,17,21-22H2,1-6H3. The zero-order valence-electron chi connectivity index (χ0n) is 24.0. The number of ether oxygens (including phenoxy) is 3. The molecule has 0 saturated carbocycles. The van der Waals surface area contributed by atoms with Crippen molar-refractivity contribution in [3.05, 3.63) is 51.9 Å². The van der Waals surface area contributed by atoms with Gasteiger partial charge in [-0.25, -0.2) is 4.79 Å². The number of unbranched alkanes of at least 4 members (excludes halogenated alkanes) is 7. The summed E-state index contributed by atoms with van der Waals surface area (Å²) in [6.07, 6.45) is 16.1. The predicted octanol–water partition coefficient (Wildman–Crippen LogP) is 9.17. The van der Waals surface area contributed by atoms with Gasteiger partial charge >= 0.3 is 5.63 Å². The van der Waals surface area contributed by atoms with E-state index in [1.165, 1.54) is 56.1 Å². The lowest BCUT2D eigenvalue weighted by molar-refractivity contribution is 0.224. The molecule has 1 aromatic carbocycles. The second-order valence-electron chi connectivity index (χ2n) is 10.4. The molecular formula is C32H48O5. The Morgan fingerprint density at radius 3 is 2.30 bits per heavy atom. The van der Waals surface area contributed by atoms with Gasteiger partial charge in [-0.2, -0.15) is 0 Å². The van der Waals surface area contributed by atoms with E-state index in [0.29, 0.717) is 29.1 Å². The second-order valence-corrected chi connectivity index (χ2v) is 10.4. The molecule has 2 aromatic rings. The normalized spacial score (nSPS) is 11.7. The predicted molar refractivity (Wildman–Crippen MR) is 154 cm³/mol. The number of rotatable bonds is 18. The van der Waals surface area contributed by atoms with Crippen LogP contribution in [0.25, 0.3) is 11.0 Å². The van der Waals surface area contributed by atoms with Crippen LogP contribution in [-0.2, 0) is 0 Å². The van der Waals surface area contributed by atoms with Crippen LogP contribution in [0.1, 0.15) is 106 Å². The van der Waals surface area contributed by atoms with Gasteiger partial charge in [0.25, 0.3) is 0 Å². The van der Waals surface area contributed by atoms with Crippen LogP contribution in [0.15, 0.2) is 50.7 Å². The van der Waals surface area contributed by atoms with Crippen molar-refractivity contribution in [1.29, 1.82) is 0 Å². The summed E-state index contributed by atoms with van der Waals surface area (Å²) in [5, 5.41) is 0.701. The van der Waals surface area contributed by atoms with Gasteiger partial charge in [-0.15, -0.1) is 0 Å². The third kappa shape index (κ3) is 11.5. The maximum Gasteiger partial charge on any atom is 0.383 e. The minimum absolute atomic E-state index is 0.113. The lowest BCUT2D eigenvalue weighted by atomic mass is 10.1. The SMILES string of the molecule is CCCCCCCCCCOc1ccc2c(OC(C)C)c(OCC=C(C)CCC=C(C)C)c(=O)oc2c1. The summed E-state index contributed by atoms with van der Waals surface area (Å²) in [6.45, 7) is 13.3. The summed E-state index contributed by atoms with van der Waals surface area (Å²) >= 11 is 0. The van der Waals surface area contributed by atoms with Gasteiger partial charge in [0.15, 0.2) is 5.75 Å². The Bertz CT molecular complexity index is 1060. The highest BCUT2D eigenvalue weighted by atomic mass is 16.5. The third-order valence-electron chi connectivity index (χ3n) is 6.16. The van der Waals surface area contributed by atoms with E-state index in [0.717, 1.165) is 19.3 Å². The lowest BCUT2D eigenvalue weighted by Gasteiger charge is -2.16. The topological polar surface area (TPSA) is 57.9 Å². The van der Waals surface area contributed by atoms with E-state index in [-0.39, 0.29) is 18.5 Å². The van der Waals surface area contributed by atoms with Crippen LogP contribution in [0.5, 0.6) is 17.2 Å². The van der Waals surface area contributed by atoms with Gasteiger partial charge in [0.1, 0.15) is 17.9 Å². The van der Waals surface area contributed by atoms with Crippen LogP contribution >= 0.6 is 0 Å². The lowest BCUT2D eigenvalue weighted by Crippen LogP contribution is -2.14. The smallest absolute Gasteiger partial charge is 0.383 e. The Kier molecular flexibility index (Phi) is 14.0. The first-order valence-electron chi connectivity index (χ1n) is 14.1. The fourth-order valence-corrected chi connectivity index (χ4v) is 4.09. The van der Waals surface area contributed by atoms with Gasteiger partial charge in [-0.3, -0.25) is 0 Å². The zero-order valence-corrected chi connectivity index (χ0v) is 24.0. The third-order valence-corrected chi connectivity index (χ3v) is 6.16. The maximum absolute atomic E-state index is 12.9. The molecule has 0 radical (unpaired) electrons. The number of allylic oxidation sites excluding steroid dienone is 3. The fraction of sp³-hybridized carbons (Fsp3) is 0.594. The average Bonchev–Trinajstić information content (AvgIpc) is 2.84. The first-order chi connectivity index (χ1) is 17.8. The summed E-state index contributed by atoms with van der Waals surface area (Å²) < 4.78 is 23.5. The van der Waals surface area contributed by atoms with E-state index in [9.17, 15) is 4.79 Å². The van der Waals surface area contributed by atoms with E-state index in [2.05, 4.69) is 33.8 Å². The van der Waals surface area contributed by atoms with Crippen LogP contribution < -0.4 is 19.8 Å². The summed E-state index contributed by atoms with van der Waals surface area (Å²) in [7, 11) is 0. The van der Waals surface area contributed by atoms with E-state index in [4.69, 9.17) is 18.6 Å². The van der Waals surface area contributed by atoms with Gasteiger partial charge in [-0.1, -0.05) is 69.1 Å². The molecule has 0 aliphatic carbocycles. The van der Waals surface area contributed by atoms with Crippen molar-refractivity contribution in [1.82, 2.24) is 0 Å². The molecule has 2 rings (SSSR count). The summed E-state index contributed by atoms with van der Waals surface area (Å²) in [4.78, 5) is 12.9. The summed E-state index contributed by atoms with van der Waals surface area (Å²) in [5.41, 5.74) is 2.43. The molecule has 1 aromatic heterocycles. The van der Waals surface area contributed by atoms with Crippen LogP contribution in [-0.4, -0.2) is 19.3 Å². The minimum atomic E-state index is -0.543. The van der Waals surface area contributed by atoms with Crippen LogP contribution in [0.2, 0.25) is 0 Å². The van der Waals surface area contributed by atoms with Crippen LogP contribution in [0, 0.1) is 0 Å². The molecule has 0 spiro atoms. The Hall–Kier alpha value is -2.69. The Morgan fingerprint density at radius 2 is 1.62 bits per heavy atom. The molecule has 1 heterocycles. The van der Waals surface area contributed by atoms with Crippen molar-refractivity contribution in [2.45, 2.75) is 112 Å². The van der Waals surface area contributed by atoms with Crippen molar-refractivity contribution in [3.8, 4) is 17.2 Å². The highest BCUT2D eigenvalue weighted by Crippen LogP contribution is 2.35. The molecule has 5 nitrogen and oxygen atoms in total. The Labute approximate surface area is 223 Å².